The van der Waals surface area contributed by atoms with Crippen LogP contribution in [-0.4, -0.2) is 23.8 Å². The van der Waals surface area contributed by atoms with Gasteiger partial charge in [0.25, 0.3) is 0 Å². The Balaban J connectivity index is 0.00000164. The zero-order chi connectivity index (χ0) is 26.8. The van der Waals surface area contributed by atoms with Gasteiger partial charge in [0.1, 0.15) is 23.8 Å². The molecule has 0 radical (unpaired) electrons. The fourth-order valence-corrected chi connectivity index (χ4v) is 6.74. The lowest BCUT2D eigenvalue weighted by Crippen LogP contribution is -2.83. The number of rotatable bonds is 9. The molecule has 3 aromatic rings. The van der Waals surface area contributed by atoms with Crippen LogP contribution in [0.2, 0.25) is 0 Å². The lowest BCUT2D eigenvalue weighted by Gasteiger charge is -2.43. The van der Waals surface area contributed by atoms with E-state index in [0.29, 0.717) is 0 Å². The molecule has 5 rings (SSSR count). The molecule has 2 aromatic heterocycles. The van der Waals surface area contributed by atoms with Crippen LogP contribution in [0, 0.1) is 24.2 Å². The minimum atomic E-state index is -0.481. The lowest BCUT2D eigenvalue weighted by molar-refractivity contribution is -0.673. The number of hydrogen-bond acceptors (Lipinski definition) is 5. The van der Waals surface area contributed by atoms with Gasteiger partial charge >= 0.3 is 5.97 Å². The number of esters is 1. The van der Waals surface area contributed by atoms with Crippen LogP contribution in [-0.2, 0) is 21.5 Å². The Bertz CT molecular complexity index is 1160. The van der Waals surface area contributed by atoms with E-state index in [9.17, 15) is 4.79 Å². The first kappa shape index (κ1) is 28.1. The van der Waals surface area contributed by atoms with Crippen molar-refractivity contribution in [1.82, 2.24) is 5.16 Å². The van der Waals surface area contributed by atoms with Crippen LogP contribution in [0.25, 0.3) is 11.3 Å². The predicted octanol–water partition coefficient (Wildman–Crippen LogP) is 6.36. The Kier molecular flexibility index (Phi) is 10.2. The van der Waals surface area contributed by atoms with E-state index < -0.39 is 5.41 Å². The Morgan fingerprint density at radius 3 is 2.61 bits per heavy atom. The van der Waals surface area contributed by atoms with E-state index in [1.165, 1.54) is 12.8 Å². The molecule has 0 bridgehead atoms. The molecular weight excluding hydrogens is 492 g/mol. The van der Waals surface area contributed by atoms with Crippen LogP contribution in [0.4, 0.5) is 0 Å². The predicted molar refractivity (Wildman–Crippen MR) is 152 cm³/mol. The van der Waals surface area contributed by atoms with Crippen molar-refractivity contribution < 1.29 is 19.4 Å². The normalized spacial score (nSPS) is 22.2. The van der Waals surface area contributed by atoms with E-state index in [1.807, 2.05) is 56.3 Å². The molecule has 2 heterocycles. The van der Waals surface area contributed by atoms with E-state index in [2.05, 4.69) is 27.8 Å². The van der Waals surface area contributed by atoms with Crippen molar-refractivity contribution in [2.24, 2.45) is 11.8 Å². The van der Waals surface area contributed by atoms with Crippen molar-refractivity contribution in [2.75, 3.05) is 6.54 Å². The number of terminal acetylenes is 1. The maximum Gasteiger partial charge on any atom is 0.317 e. The molecule has 0 amide bonds. The number of hydrogen-bond donors (Lipinski definition) is 1. The zero-order valence-electron chi connectivity index (χ0n) is 22.7. The monoisotopic (exact) mass is 533 g/mol. The van der Waals surface area contributed by atoms with Gasteiger partial charge in [-0.2, -0.15) is 0 Å². The molecule has 3 unspecified atom stereocenters. The Morgan fingerprint density at radius 2 is 1.92 bits per heavy atom. The second-order valence-corrected chi connectivity index (χ2v) is 11.2. The van der Waals surface area contributed by atoms with Gasteiger partial charge in [-0.15, -0.1) is 23.7 Å². The highest BCUT2D eigenvalue weighted by molar-refractivity contribution is 7.10. The SMILES string of the molecule is C#CC1CC(OC(=O)C2(c3cccs3)CCCCCC2)C1CC[NH2+]Cc1cc(-c2ccccc2)no1.CC. The van der Waals surface area contributed by atoms with Gasteiger partial charge in [-0.05, 0) is 30.7 Å². The molecular formula is C32H41N2O3S+. The van der Waals surface area contributed by atoms with Crippen molar-refractivity contribution in [3.8, 4) is 23.6 Å². The van der Waals surface area contributed by atoms with Crippen LogP contribution >= 0.6 is 11.3 Å². The fraction of sp³-hybridized carbons (Fsp3) is 0.500. The summed E-state index contributed by atoms with van der Waals surface area (Å²) in [5.41, 5.74) is 1.43. The number of carbonyl (C=O) groups excluding carboxylic acids is 1. The first-order valence-electron chi connectivity index (χ1n) is 14.2. The second kappa shape index (κ2) is 13.8. The third-order valence-corrected chi connectivity index (χ3v) is 9.05. The highest BCUT2D eigenvalue weighted by Gasteiger charge is 2.48. The van der Waals surface area contributed by atoms with Gasteiger partial charge in [0.2, 0.25) is 0 Å². The topological polar surface area (TPSA) is 68.9 Å². The number of benzene rings is 1. The number of nitrogens with two attached hydrogens (primary N) is 1. The van der Waals surface area contributed by atoms with Crippen molar-refractivity contribution in [1.29, 1.82) is 0 Å². The minimum absolute atomic E-state index is 0.0311. The number of quaternary nitrogens is 1. The van der Waals surface area contributed by atoms with Gasteiger partial charge in [0, 0.05) is 34.8 Å². The van der Waals surface area contributed by atoms with Gasteiger partial charge in [0.05, 0.1) is 6.54 Å². The summed E-state index contributed by atoms with van der Waals surface area (Å²) in [5, 5.41) is 8.49. The third-order valence-electron chi connectivity index (χ3n) is 7.97. The summed E-state index contributed by atoms with van der Waals surface area (Å²) in [6.07, 6.45) is 13.7. The van der Waals surface area contributed by atoms with Gasteiger partial charge in [-0.1, -0.05) is 81.1 Å². The quantitative estimate of drug-likeness (QED) is 0.150. The van der Waals surface area contributed by atoms with Gasteiger partial charge in [-0.25, -0.2) is 0 Å². The van der Waals surface area contributed by atoms with Crippen molar-refractivity contribution in [3.05, 3.63) is 64.5 Å². The molecule has 2 fully saturated rings. The maximum atomic E-state index is 13.7. The summed E-state index contributed by atoms with van der Waals surface area (Å²) >= 11 is 1.69. The summed E-state index contributed by atoms with van der Waals surface area (Å²) in [6, 6.07) is 16.2. The molecule has 2 N–H and O–H groups in total. The van der Waals surface area contributed by atoms with E-state index in [-0.39, 0.29) is 23.9 Å². The van der Waals surface area contributed by atoms with E-state index >= 15 is 0 Å². The Morgan fingerprint density at radius 1 is 1.16 bits per heavy atom. The first-order chi connectivity index (χ1) is 18.7. The number of ether oxygens (including phenoxy) is 1. The molecule has 0 saturated heterocycles. The largest absolute Gasteiger partial charge is 0.461 e. The first-order valence-corrected chi connectivity index (χ1v) is 15.1. The van der Waals surface area contributed by atoms with Gasteiger partial charge in [0.15, 0.2) is 5.76 Å². The molecule has 2 aliphatic rings. The molecule has 6 heteroatoms. The van der Waals surface area contributed by atoms with Crippen molar-refractivity contribution in [2.45, 2.75) is 83.3 Å². The zero-order valence-corrected chi connectivity index (χ0v) is 23.6. The summed E-state index contributed by atoms with van der Waals surface area (Å²) in [7, 11) is 0. The van der Waals surface area contributed by atoms with Crippen LogP contribution in [0.15, 0.2) is 58.4 Å². The van der Waals surface area contributed by atoms with Gasteiger partial charge < -0.3 is 14.6 Å². The average Bonchev–Trinajstić information content (AvgIpc) is 3.61. The summed E-state index contributed by atoms with van der Waals surface area (Å²) in [4.78, 5) is 14.8. The molecule has 0 aliphatic heterocycles. The molecule has 3 atom stereocenters. The fourth-order valence-electron chi connectivity index (χ4n) is 5.77. The van der Waals surface area contributed by atoms with Crippen LogP contribution in [0.5, 0.6) is 0 Å². The Labute approximate surface area is 231 Å². The molecule has 0 spiro atoms. The summed E-state index contributed by atoms with van der Waals surface area (Å²) < 4.78 is 11.8. The van der Waals surface area contributed by atoms with E-state index in [1.54, 1.807) is 11.3 Å². The molecule has 5 nitrogen and oxygen atoms in total. The van der Waals surface area contributed by atoms with Crippen molar-refractivity contribution in [3.63, 3.8) is 0 Å². The summed E-state index contributed by atoms with van der Waals surface area (Å²) in [5.74, 6) is 4.15. The minimum Gasteiger partial charge on any atom is -0.461 e. The highest BCUT2D eigenvalue weighted by Crippen LogP contribution is 2.45. The lowest BCUT2D eigenvalue weighted by atomic mass is 9.69. The smallest absolute Gasteiger partial charge is 0.317 e. The molecule has 2 aliphatic carbocycles. The molecule has 2 saturated carbocycles. The van der Waals surface area contributed by atoms with Crippen LogP contribution in [0.3, 0.4) is 0 Å². The average molecular weight is 534 g/mol. The van der Waals surface area contributed by atoms with Gasteiger partial charge in [-0.3, -0.25) is 4.79 Å². The number of aromatic nitrogens is 1. The van der Waals surface area contributed by atoms with E-state index in [0.717, 1.165) is 73.5 Å². The Hall–Kier alpha value is -2.88. The van der Waals surface area contributed by atoms with E-state index in [4.69, 9.17) is 15.7 Å². The molecule has 38 heavy (non-hydrogen) atoms. The number of carbonyl (C=O) groups is 1. The highest BCUT2D eigenvalue weighted by atomic mass is 32.1. The van der Waals surface area contributed by atoms with Crippen LogP contribution in [0.1, 0.15) is 75.9 Å². The molecule has 1 aromatic carbocycles. The van der Waals surface area contributed by atoms with Crippen LogP contribution < -0.4 is 5.32 Å². The number of nitrogens with zero attached hydrogens (tertiary/aromatic N) is 1. The second-order valence-electron chi connectivity index (χ2n) is 10.2. The standard InChI is InChI=1S/C30H34N2O3S.C2H6/c1-2-22-19-27(34-29(33)30(28-13-10-18-36-28)15-8-3-4-9-16-30)25(22)14-17-31-21-24-20-26(32-35-24)23-11-6-5-7-12-23;1-2/h1,5-7,10-13,18,20,22,25,27,31H,3-4,8-9,14-17,19,21H2;1-2H3/p+1. The van der Waals surface area contributed by atoms with Crippen molar-refractivity contribution >= 4 is 17.3 Å². The number of thiophene rings is 1. The summed E-state index contributed by atoms with van der Waals surface area (Å²) in [6.45, 7) is 5.62. The third kappa shape index (κ3) is 6.39. The molecule has 202 valence electrons. The maximum absolute atomic E-state index is 13.7.